The Bertz CT molecular complexity index is 3350. The lowest BCUT2D eigenvalue weighted by atomic mass is 9.43. The van der Waals surface area contributed by atoms with Crippen molar-refractivity contribution in [3.05, 3.63) is 164 Å². The van der Waals surface area contributed by atoms with Crippen LogP contribution in [0.3, 0.4) is 0 Å². The molecule has 0 amide bonds. The number of rotatable bonds is 2. The van der Waals surface area contributed by atoms with E-state index >= 15 is 0 Å². The maximum atomic E-state index is 2.65. The number of fused-ring (bicyclic) bond motifs is 14. The summed E-state index contributed by atoms with van der Waals surface area (Å²) in [6.45, 7) is -0.0224. The Hall–Kier alpha value is -6.14. The van der Waals surface area contributed by atoms with Crippen molar-refractivity contribution in [2.24, 2.45) is 0 Å². The summed E-state index contributed by atoms with van der Waals surface area (Å²) in [6.07, 6.45) is 0. The van der Waals surface area contributed by atoms with Crippen molar-refractivity contribution < 1.29 is 0 Å². The molecular weight excluding hydrogens is 679 g/mol. The van der Waals surface area contributed by atoms with Gasteiger partial charge in [-0.25, -0.2) is 0 Å². The number of aromatic nitrogens is 1. The van der Waals surface area contributed by atoms with Gasteiger partial charge in [-0.15, -0.1) is 22.7 Å². The Kier molecular flexibility index (Phi) is 5.51. The first-order chi connectivity index (χ1) is 26.3. The molecular formula is C48H27BN2S2. The molecule has 0 radical (unpaired) electrons. The Balaban J connectivity index is 1.22. The van der Waals surface area contributed by atoms with Gasteiger partial charge in [0.25, 0.3) is 0 Å². The van der Waals surface area contributed by atoms with Gasteiger partial charge >= 0.3 is 6.85 Å². The average Bonchev–Trinajstić information content (AvgIpc) is 3.88. The van der Waals surface area contributed by atoms with E-state index in [2.05, 4.69) is 173 Å². The number of para-hydroxylation sites is 1. The van der Waals surface area contributed by atoms with Gasteiger partial charge in [0.2, 0.25) is 0 Å². The molecule has 5 heterocycles. The molecule has 0 saturated heterocycles. The molecule has 8 aromatic carbocycles. The highest BCUT2D eigenvalue weighted by molar-refractivity contribution is 7.26. The molecule has 2 aliphatic heterocycles. The fourth-order valence-corrected chi connectivity index (χ4v) is 12.0. The van der Waals surface area contributed by atoms with E-state index < -0.39 is 0 Å². The zero-order chi connectivity index (χ0) is 34.4. The Morgan fingerprint density at radius 2 is 1.13 bits per heavy atom. The highest BCUT2D eigenvalue weighted by atomic mass is 32.1. The lowest BCUT2D eigenvalue weighted by Gasteiger charge is -2.42. The second-order valence-corrected chi connectivity index (χ2v) is 16.5. The third-order valence-electron chi connectivity index (χ3n) is 11.7. The molecule has 0 unspecified atom stereocenters. The SMILES string of the molecule is c1ccc(-c2ccc(N3B4c5c(cc6sc7ccccc7c6c5-c5cc6ccccc6cc53)-n3c5sc6ccccc6c5c5cccc4c53)cc2)cc1. The van der Waals surface area contributed by atoms with E-state index in [1.165, 1.54) is 112 Å². The predicted molar refractivity (Wildman–Crippen MR) is 231 cm³/mol. The Morgan fingerprint density at radius 3 is 1.94 bits per heavy atom. The van der Waals surface area contributed by atoms with Gasteiger partial charge < -0.3 is 9.38 Å². The average molecular weight is 707 g/mol. The molecule has 5 heteroatoms. The summed E-state index contributed by atoms with van der Waals surface area (Å²) >= 11 is 3.85. The minimum absolute atomic E-state index is 0.0224. The lowest BCUT2D eigenvalue weighted by Crippen LogP contribution is -2.60. The summed E-state index contributed by atoms with van der Waals surface area (Å²) in [5.74, 6) is 0. The summed E-state index contributed by atoms with van der Waals surface area (Å²) in [5, 5.41) is 9.28. The molecule has 0 aliphatic carbocycles. The van der Waals surface area contributed by atoms with Crippen molar-refractivity contribution >= 4 is 114 Å². The molecule has 2 aliphatic rings. The Morgan fingerprint density at radius 1 is 0.472 bits per heavy atom. The van der Waals surface area contributed by atoms with E-state index in [4.69, 9.17) is 0 Å². The number of nitrogens with zero attached hydrogens (tertiary/aromatic N) is 2. The van der Waals surface area contributed by atoms with Gasteiger partial charge in [-0.2, -0.15) is 0 Å². The molecule has 2 nitrogen and oxygen atoms in total. The van der Waals surface area contributed by atoms with Crippen LogP contribution in [0.25, 0.3) is 90.1 Å². The minimum Gasteiger partial charge on any atom is -0.376 e. The largest absolute Gasteiger partial charge is 0.376 e. The topological polar surface area (TPSA) is 8.17 Å². The van der Waals surface area contributed by atoms with Crippen LogP contribution >= 0.6 is 22.7 Å². The first kappa shape index (κ1) is 28.5. The normalized spacial score (nSPS) is 13.2. The smallest absolute Gasteiger partial charge is 0.333 e. The summed E-state index contributed by atoms with van der Waals surface area (Å²) in [4.78, 5) is 3.98. The molecule has 0 spiro atoms. The van der Waals surface area contributed by atoms with Crippen LogP contribution in [0.4, 0.5) is 11.4 Å². The van der Waals surface area contributed by atoms with E-state index in [-0.39, 0.29) is 6.85 Å². The first-order valence-corrected chi connectivity index (χ1v) is 19.8. The van der Waals surface area contributed by atoms with E-state index in [1.54, 1.807) is 0 Å². The van der Waals surface area contributed by atoms with Gasteiger partial charge in [-0.05, 0) is 80.9 Å². The number of hydrogen-bond donors (Lipinski definition) is 0. The molecule has 11 aromatic rings. The van der Waals surface area contributed by atoms with Gasteiger partial charge in [-0.1, -0.05) is 121 Å². The van der Waals surface area contributed by atoms with Crippen LogP contribution in [0.15, 0.2) is 164 Å². The van der Waals surface area contributed by atoms with E-state index in [0.29, 0.717) is 0 Å². The maximum absolute atomic E-state index is 2.65. The van der Waals surface area contributed by atoms with Crippen molar-refractivity contribution in [2.45, 2.75) is 0 Å². The fraction of sp³-hybridized carbons (Fsp3) is 0. The van der Waals surface area contributed by atoms with Gasteiger partial charge in [0, 0.05) is 63.7 Å². The lowest BCUT2D eigenvalue weighted by molar-refractivity contribution is 1.20. The van der Waals surface area contributed by atoms with Crippen LogP contribution in [-0.2, 0) is 0 Å². The molecule has 53 heavy (non-hydrogen) atoms. The quantitative estimate of drug-likeness (QED) is 0.163. The number of hydrogen-bond acceptors (Lipinski definition) is 3. The van der Waals surface area contributed by atoms with Crippen molar-refractivity contribution in [1.82, 2.24) is 4.57 Å². The van der Waals surface area contributed by atoms with Gasteiger partial charge in [-0.3, -0.25) is 0 Å². The summed E-state index contributed by atoms with van der Waals surface area (Å²) in [6, 6.07) is 61.3. The highest BCUT2D eigenvalue weighted by Crippen LogP contribution is 2.52. The van der Waals surface area contributed by atoms with E-state index in [0.717, 1.165) is 0 Å². The molecule has 0 saturated carbocycles. The molecule has 0 N–H and O–H groups in total. The third kappa shape index (κ3) is 3.68. The van der Waals surface area contributed by atoms with Gasteiger partial charge in [0.1, 0.15) is 4.83 Å². The fourth-order valence-electron chi connectivity index (χ4n) is 9.57. The number of anilines is 2. The second-order valence-electron chi connectivity index (χ2n) is 14.4. The zero-order valence-electron chi connectivity index (χ0n) is 28.4. The van der Waals surface area contributed by atoms with Crippen LogP contribution in [0.2, 0.25) is 0 Å². The Labute approximate surface area is 313 Å². The van der Waals surface area contributed by atoms with Crippen molar-refractivity contribution in [3.63, 3.8) is 0 Å². The van der Waals surface area contributed by atoms with Crippen molar-refractivity contribution in [2.75, 3.05) is 4.81 Å². The van der Waals surface area contributed by atoms with Crippen molar-refractivity contribution in [3.8, 4) is 27.9 Å². The summed E-state index contributed by atoms with van der Waals surface area (Å²) in [7, 11) is 0. The number of benzene rings is 8. The molecule has 13 rings (SSSR count). The van der Waals surface area contributed by atoms with Crippen molar-refractivity contribution in [1.29, 1.82) is 0 Å². The third-order valence-corrected chi connectivity index (χ3v) is 14.0. The monoisotopic (exact) mass is 706 g/mol. The second kappa shape index (κ2) is 10.3. The van der Waals surface area contributed by atoms with Crippen LogP contribution in [0.5, 0.6) is 0 Å². The molecule has 0 bridgehead atoms. The standard InChI is InChI=1S/C48H27BN2S2/c1-2-11-28(12-3-1)29-21-23-32(24-22-29)51-38-26-31-14-5-4-13-30(31)25-36(38)45-44-34-16-7-8-19-40(34)52-42(44)27-39-46(45)49(51)37-18-10-17-35-43-33-15-6-9-20-41(33)53-48(43)50(39)47(35)37/h1-27H. The molecule has 0 atom stereocenters. The summed E-state index contributed by atoms with van der Waals surface area (Å²) in [5.41, 5.74) is 13.0. The van der Waals surface area contributed by atoms with Gasteiger partial charge in [0.15, 0.2) is 0 Å². The zero-order valence-corrected chi connectivity index (χ0v) is 30.0. The van der Waals surface area contributed by atoms with Crippen LogP contribution in [0, 0.1) is 0 Å². The minimum atomic E-state index is -0.0224. The molecule has 244 valence electrons. The van der Waals surface area contributed by atoms with Gasteiger partial charge in [0.05, 0.1) is 5.52 Å². The first-order valence-electron chi connectivity index (χ1n) is 18.2. The molecule has 3 aromatic heterocycles. The van der Waals surface area contributed by atoms with Crippen LogP contribution in [0.1, 0.15) is 0 Å². The van der Waals surface area contributed by atoms with E-state index in [1.807, 2.05) is 22.7 Å². The van der Waals surface area contributed by atoms with Crippen LogP contribution < -0.4 is 15.7 Å². The van der Waals surface area contributed by atoms with E-state index in [9.17, 15) is 0 Å². The molecule has 0 fully saturated rings. The highest BCUT2D eigenvalue weighted by Gasteiger charge is 2.45. The number of thiophene rings is 2. The van der Waals surface area contributed by atoms with Crippen LogP contribution in [-0.4, -0.2) is 11.4 Å². The predicted octanol–water partition coefficient (Wildman–Crippen LogP) is 12.4. The summed E-state index contributed by atoms with van der Waals surface area (Å²) < 4.78 is 6.64. The maximum Gasteiger partial charge on any atom is 0.333 e.